The van der Waals surface area contributed by atoms with Crippen LogP contribution in [0.2, 0.25) is 0 Å². The van der Waals surface area contributed by atoms with Crippen molar-refractivity contribution in [3.05, 3.63) is 54.1 Å². The van der Waals surface area contributed by atoms with Gasteiger partial charge in [-0.3, -0.25) is 14.8 Å². The zero-order chi connectivity index (χ0) is 12.8. The highest BCUT2D eigenvalue weighted by Crippen LogP contribution is 2.12. The molecular weight excluding hydrogens is 228 g/mol. The second kappa shape index (κ2) is 5.77. The van der Waals surface area contributed by atoms with E-state index in [0.717, 1.165) is 5.56 Å². The van der Waals surface area contributed by atoms with Crippen molar-refractivity contribution in [2.24, 2.45) is 0 Å². The van der Waals surface area contributed by atoms with Gasteiger partial charge in [0.2, 0.25) is 0 Å². The van der Waals surface area contributed by atoms with Gasteiger partial charge in [-0.1, -0.05) is 0 Å². The van der Waals surface area contributed by atoms with Gasteiger partial charge in [0.05, 0.1) is 17.4 Å². The Morgan fingerprint density at radius 2 is 1.89 bits per heavy atom. The van der Waals surface area contributed by atoms with Crippen LogP contribution >= 0.6 is 0 Å². The molecule has 0 unspecified atom stereocenters. The molecule has 0 bridgehead atoms. The zero-order valence-corrected chi connectivity index (χ0v) is 10.1. The molecule has 2 heterocycles. The van der Waals surface area contributed by atoms with Gasteiger partial charge in [-0.25, -0.2) is 0 Å². The highest BCUT2D eigenvalue weighted by Gasteiger charge is 2.09. The van der Waals surface area contributed by atoms with E-state index in [1.165, 1.54) is 0 Å². The molecule has 0 saturated carbocycles. The Hall–Kier alpha value is -2.43. The fraction of sp³-hybridized carbons (Fsp3) is 0.154. The smallest absolute Gasteiger partial charge is 0.253 e. The van der Waals surface area contributed by atoms with Crippen molar-refractivity contribution in [3.63, 3.8) is 0 Å². The highest BCUT2D eigenvalue weighted by molar-refractivity contribution is 5.99. The van der Waals surface area contributed by atoms with Crippen molar-refractivity contribution in [2.75, 3.05) is 12.4 Å². The third kappa shape index (κ3) is 2.82. The molecule has 0 fully saturated rings. The molecule has 0 radical (unpaired) electrons. The molecule has 0 aromatic carbocycles. The molecule has 0 aliphatic heterocycles. The molecule has 0 spiro atoms. The molecule has 0 aliphatic carbocycles. The summed E-state index contributed by atoms with van der Waals surface area (Å²) in [6.07, 6.45) is 6.63. The molecule has 2 aromatic rings. The van der Waals surface area contributed by atoms with Crippen LogP contribution < -0.4 is 10.6 Å². The van der Waals surface area contributed by atoms with E-state index in [2.05, 4.69) is 20.6 Å². The van der Waals surface area contributed by atoms with E-state index >= 15 is 0 Å². The van der Waals surface area contributed by atoms with Gasteiger partial charge >= 0.3 is 0 Å². The molecule has 2 N–H and O–H groups in total. The number of nitrogens with one attached hydrogen (secondary N) is 2. The summed E-state index contributed by atoms with van der Waals surface area (Å²) in [7, 11) is 1.76. The first-order valence-electron chi connectivity index (χ1n) is 5.60. The quantitative estimate of drug-likeness (QED) is 0.851. The molecule has 5 heteroatoms. The van der Waals surface area contributed by atoms with Crippen molar-refractivity contribution in [1.29, 1.82) is 0 Å². The average Bonchev–Trinajstić information content (AvgIpc) is 2.45. The minimum absolute atomic E-state index is 0.126. The van der Waals surface area contributed by atoms with Gasteiger partial charge in [-0.15, -0.1) is 0 Å². The van der Waals surface area contributed by atoms with Crippen LogP contribution in [0.15, 0.2) is 43.0 Å². The van der Waals surface area contributed by atoms with E-state index in [9.17, 15) is 4.79 Å². The minimum Gasteiger partial charge on any atom is -0.386 e. The largest absolute Gasteiger partial charge is 0.386 e. The summed E-state index contributed by atoms with van der Waals surface area (Å²) in [4.78, 5) is 19.9. The van der Waals surface area contributed by atoms with E-state index in [-0.39, 0.29) is 5.91 Å². The van der Waals surface area contributed by atoms with Crippen LogP contribution in [0.1, 0.15) is 15.9 Å². The van der Waals surface area contributed by atoms with Crippen molar-refractivity contribution in [1.82, 2.24) is 15.3 Å². The molecular formula is C13H14N4O. The predicted molar refractivity (Wildman–Crippen MR) is 69.2 cm³/mol. The minimum atomic E-state index is -0.126. The van der Waals surface area contributed by atoms with Crippen LogP contribution in [0, 0.1) is 0 Å². The standard InChI is InChI=1S/C13H14N4O/c1-14-12-9-16-7-4-11(12)13(18)17-8-10-2-5-15-6-3-10/h2-7,9,14H,8H2,1H3,(H,17,18). The Kier molecular flexibility index (Phi) is 3.86. The Bertz CT molecular complexity index is 528. The topological polar surface area (TPSA) is 66.9 Å². The van der Waals surface area contributed by atoms with Gasteiger partial charge in [0.15, 0.2) is 0 Å². The lowest BCUT2D eigenvalue weighted by Gasteiger charge is -2.09. The molecule has 1 amide bonds. The molecule has 92 valence electrons. The number of carbonyl (C=O) groups excluding carboxylic acids is 1. The molecule has 2 rings (SSSR count). The van der Waals surface area contributed by atoms with E-state index in [4.69, 9.17) is 0 Å². The number of amides is 1. The molecule has 0 atom stereocenters. The Balaban J connectivity index is 2.04. The van der Waals surface area contributed by atoms with Gasteiger partial charge < -0.3 is 10.6 Å². The van der Waals surface area contributed by atoms with Crippen molar-refractivity contribution in [2.45, 2.75) is 6.54 Å². The summed E-state index contributed by atoms with van der Waals surface area (Å²) < 4.78 is 0. The van der Waals surface area contributed by atoms with Gasteiger partial charge in [0.25, 0.3) is 5.91 Å². The number of aromatic nitrogens is 2. The van der Waals surface area contributed by atoms with Crippen molar-refractivity contribution in [3.8, 4) is 0 Å². The Morgan fingerprint density at radius 3 is 2.61 bits per heavy atom. The predicted octanol–water partition coefficient (Wildman–Crippen LogP) is 1.45. The van der Waals surface area contributed by atoms with Crippen LogP contribution in [0.4, 0.5) is 5.69 Å². The summed E-state index contributed by atoms with van der Waals surface area (Å²) in [5.74, 6) is -0.126. The van der Waals surface area contributed by atoms with Crippen molar-refractivity contribution >= 4 is 11.6 Å². The number of carbonyl (C=O) groups is 1. The fourth-order valence-electron chi connectivity index (χ4n) is 1.57. The van der Waals surface area contributed by atoms with Gasteiger partial charge in [-0.2, -0.15) is 0 Å². The van der Waals surface area contributed by atoms with Crippen LogP contribution in [-0.4, -0.2) is 22.9 Å². The first kappa shape index (κ1) is 12.0. The number of anilines is 1. The molecule has 18 heavy (non-hydrogen) atoms. The third-order valence-electron chi connectivity index (χ3n) is 2.54. The lowest BCUT2D eigenvalue weighted by molar-refractivity contribution is 0.0951. The fourth-order valence-corrected chi connectivity index (χ4v) is 1.57. The summed E-state index contributed by atoms with van der Waals surface area (Å²) in [6, 6.07) is 5.42. The summed E-state index contributed by atoms with van der Waals surface area (Å²) in [5, 5.41) is 5.80. The van der Waals surface area contributed by atoms with Crippen molar-refractivity contribution < 1.29 is 4.79 Å². The number of pyridine rings is 2. The Labute approximate surface area is 105 Å². The van der Waals surface area contributed by atoms with Gasteiger partial charge in [0, 0.05) is 32.2 Å². The van der Waals surface area contributed by atoms with Crippen LogP contribution in [-0.2, 0) is 6.54 Å². The summed E-state index contributed by atoms with van der Waals surface area (Å²) in [6.45, 7) is 0.479. The average molecular weight is 242 g/mol. The van der Waals surface area contributed by atoms with Crippen LogP contribution in [0.3, 0.4) is 0 Å². The number of rotatable bonds is 4. The number of hydrogen-bond donors (Lipinski definition) is 2. The normalized spacial score (nSPS) is 9.83. The molecule has 5 nitrogen and oxygen atoms in total. The maximum Gasteiger partial charge on any atom is 0.253 e. The third-order valence-corrected chi connectivity index (χ3v) is 2.54. The first-order valence-corrected chi connectivity index (χ1v) is 5.60. The molecule has 2 aromatic heterocycles. The first-order chi connectivity index (χ1) is 8.81. The lowest BCUT2D eigenvalue weighted by Crippen LogP contribution is -2.23. The van der Waals surface area contributed by atoms with E-state index in [0.29, 0.717) is 17.8 Å². The van der Waals surface area contributed by atoms with E-state index in [1.807, 2.05) is 12.1 Å². The summed E-state index contributed by atoms with van der Waals surface area (Å²) in [5.41, 5.74) is 2.31. The van der Waals surface area contributed by atoms with Crippen LogP contribution in [0.5, 0.6) is 0 Å². The second-order valence-corrected chi connectivity index (χ2v) is 3.71. The van der Waals surface area contributed by atoms with Gasteiger partial charge in [0.1, 0.15) is 0 Å². The Morgan fingerprint density at radius 1 is 1.17 bits per heavy atom. The number of hydrogen-bond acceptors (Lipinski definition) is 4. The highest BCUT2D eigenvalue weighted by atomic mass is 16.1. The SMILES string of the molecule is CNc1cnccc1C(=O)NCc1ccncc1. The second-order valence-electron chi connectivity index (χ2n) is 3.71. The molecule has 0 saturated heterocycles. The summed E-state index contributed by atoms with van der Waals surface area (Å²) >= 11 is 0. The maximum absolute atomic E-state index is 12.0. The zero-order valence-electron chi connectivity index (χ0n) is 10.1. The van der Waals surface area contributed by atoms with E-state index < -0.39 is 0 Å². The van der Waals surface area contributed by atoms with Gasteiger partial charge in [-0.05, 0) is 23.8 Å². The van der Waals surface area contributed by atoms with Crippen LogP contribution in [0.25, 0.3) is 0 Å². The van der Waals surface area contributed by atoms with E-state index in [1.54, 1.807) is 37.9 Å². The monoisotopic (exact) mass is 242 g/mol. The molecule has 0 aliphatic rings. The number of nitrogens with zero attached hydrogens (tertiary/aromatic N) is 2. The maximum atomic E-state index is 12.0. The lowest BCUT2D eigenvalue weighted by atomic mass is 10.2.